The average Bonchev–Trinajstić information content (AvgIpc) is 3.09. The summed E-state index contributed by atoms with van der Waals surface area (Å²) >= 11 is 5.92. The van der Waals surface area contributed by atoms with Crippen molar-refractivity contribution in [3.8, 4) is 0 Å². The molecule has 0 atom stereocenters. The largest absolute Gasteiger partial charge is 0.416 e. The molecule has 0 bridgehead atoms. The van der Waals surface area contributed by atoms with Crippen LogP contribution in [0.4, 0.5) is 24.7 Å². The number of rotatable bonds is 3. The summed E-state index contributed by atoms with van der Waals surface area (Å²) in [7, 11) is 0. The van der Waals surface area contributed by atoms with Crippen LogP contribution < -0.4 is 10.2 Å². The van der Waals surface area contributed by atoms with Crippen LogP contribution in [0.1, 0.15) is 34.7 Å². The minimum Gasteiger partial charge on any atom is -0.356 e. The summed E-state index contributed by atoms with van der Waals surface area (Å²) in [4.78, 5) is 22.9. The highest BCUT2D eigenvalue weighted by Gasteiger charge is 2.31. The standard InChI is InChI=1S/C17H16ClF3N4O/c1-10-22-14(9-15(23-10)25-6-2-3-7-25)16(26)24-13-8-11(17(19,20)21)4-5-12(13)18/h4-5,8-9H,2-3,6-7H2,1H3,(H,24,26). The number of nitrogens with zero attached hydrogens (tertiary/aromatic N) is 3. The van der Waals surface area contributed by atoms with Crippen LogP contribution in [-0.4, -0.2) is 29.0 Å². The molecule has 0 aliphatic carbocycles. The molecule has 9 heteroatoms. The van der Waals surface area contributed by atoms with Crippen LogP contribution in [0.5, 0.6) is 0 Å². The smallest absolute Gasteiger partial charge is 0.356 e. The van der Waals surface area contributed by atoms with Gasteiger partial charge in [-0.15, -0.1) is 0 Å². The first-order valence-electron chi connectivity index (χ1n) is 8.03. The number of benzene rings is 1. The zero-order valence-electron chi connectivity index (χ0n) is 13.9. The van der Waals surface area contributed by atoms with Crippen LogP contribution in [0.3, 0.4) is 0 Å². The van der Waals surface area contributed by atoms with Gasteiger partial charge in [-0.1, -0.05) is 11.6 Å². The van der Waals surface area contributed by atoms with Crippen molar-refractivity contribution in [2.75, 3.05) is 23.3 Å². The van der Waals surface area contributed by atoms with E-state index in [0.29, 0.717) is 11.6 Å². The Morgan fingerprint density at radius 2 is 1.88 bits per heavy atom. The molecule has 1 amide bonds. The summed E-state index contributed by atoms with van der Waals surface area (Å²) in [5.74, 6) is 0.405. The first kappa shape index (κ1) is 18.4. The molecule has 26 heavy (non-hydrogen) atoms. The van der Waals surface area contributed by atoms with Gasteiger partial charge >= 0.3 is 6.18 Å². The SMILES string of the molecule is Cc1nc(C(=O)Nc2cc(C(F)(F)F)ccc2Cl)cc(N2CCCC2)n1. The van der Waals surface area contributed by atoms with E-state index in [2.05, 4.69) is 15.3 Å². The number of alkyl halides is 3. The van der Waals surface area contributed by atoms with Crippen LogP contribution in [0, 0.1) is 6.92 Å². The van der Waals surface area contributed by atoms with Gasteiger partial charge < -0.3 is 10.2 Å². The summed E-state index contributed by atoms with van der Waals surface area (Å²) < 4.78 is 38.6. The molecular weight excluding hydrogens is 369 g/mol. The van der Waals surface area contributed by atoms with Gasteiger partial charge in [-0.25, -0.2) is 9.97 Å². The molecule has 1 saturated heterocycles. The zero-order valence-corrected chi connectivity index (χ0v) is 14.7. The van der Waals surface area contributed by atoms with Crippen molar-refractivity contribution in [2.24, 2.45) is 0 Å². The third-order valence-corrected chi connectivity index (χ3v) is 4.36. The first-order valence-corrected chi connectivity index (χ1v) is 8.40. The van der Waals surface area contributed by atoms with Crippen molar-refractivity contribution >= 4 is 29.0 Å². The minimum atomic E-state index is -4.53. The molecule has 0 unspecified atom stereocenters. The normalized spacial score (nSPS) is 14.6. The van der Waals surface area contributed by atoms with Gasteiger partial charge in [-0.05, 0) is 38.0 Å². The summed E-state index contributed by atoms with van der Waals surface area (Å²) in [6.07, 6.45) is -2.44. The van der Waals surface area contributed by atoms with Crippen LogP contribution in [0.25, 0.3) is 0 Å². The molecular formula is C17H16ClF3N4O. The van der Waals surface area contributed by atoms with E-state index in [9.17, 15) is 18.0 Å². The van der Waals surface area contributed by atoms with E-state index in [1.165, 1.54) is 6.07 Å². The molecule has 5 nitrogen and oxygen atoms in total. The second-order valence-electron chi connectivity index (χ2n) is 6.00. The van der Waals surface area contributed by atoms with Crippen molar-refractivity contribution in [1.82, 2.24) is 9.97 Å². The maximum Gasteiger partial charge on any atom is 0.416 e. The van der Waals surface area contributed by atoms with Crippen molar-refractivity contribution < 1.29 is 18.0 Å². The molecule has 1 N–H and O–H groups in total. The second kappa shape index (κ2) is 7.11. The number of amides is 1. The Hall–Kier alpha value is -2.35. The van der Waals surface area contributed by atoms with E-state index in [1.807, 2.05) is 4.90 Å². The number of anilines is 2. The van der Waals surface area contributed by atoms with Crippen LogP contribution in [0.2, 0.25) is 5.02 Å². The van der Waals surface area contributed by atoms with E-state index in [4.69, 9.17) is 11.6 Å². The maximum absolute atomic E-state index is 12.9. The van der Waals surface area contributed by atoms with Crippen molar-refractivity contribution in [3.63, 3.8) is 0 Å². The number of hydrogen-bond donors (Lipinski definition) is 1. The number of hydrogen-bond acceptors (Lipinski definition) is 4. The van der Waals surface area contributed by atoms with Gasteiger partial charge in [0, 0.05) is 19.2 Å². The minimum absolute atomic E-state index is 0.0110. The molecule has 0 radical (unpaired) electrons. The molecule has 0 spiro atoms. The molecule has 3 rings (SSSR count). The van der Waals surface area contributed by atoms with E-state index >= 15 is 0 Å². The molecule has 1 fully saturated rings. The lowest BCUT2D eigenvalue weighted by Crippen LogP contribution is -2.22. The highest BCUT2D eigenvalue weighted by Crippen LogP contribution is 2.34. The number of carbonyl (C=O) groups excluding carboxylic acids is 1. The van der Waals surface area contributed by atoms with Gasteiger partial charge in [0.1, 0.15) is 17.3 Å². The number of carbonyl (C=O) groups is 1. The van der Waals surface area contributed by atoms with E-state index in [-0.39, 0.29) is 16.4 Å². The maximum atomic E-state index is 12.9. The predicted octanol–water partition coefficient (Wildman–Crippen LogP) is 4.31. The van der Waals surface area contributed by atoms with Gasteiger partial charge in [0.05, 0.1) is 16.3 Å². The molecule has 1 aromatic heterocycles. The lowest BCUT2D eigenvalue weighted by molar-refractivity contribution is -0.137. The lowest BCUT2D eigenvalue weighted by Gasteiger charge is -2.17. The quantitative estimate of drug-likeness (QED) is 0.856. The van der Waals surface area contributed by atoms with Crippen molar-refractivity contribution in [2.45, 2.75) is 25.9 Å². The van der Waals surface area contributed by atoms with Crippen molar-refractivity contribution in [3.05, 3.63) is 46.4 Å². The summed E-state index contributed by atoms with van der Waals surface area (Å²) in [5.41, 5.74) is -0.938. The van der Waals surface area contributed by atoms with Crippen LogP contribution in [0.15, 0.2) is 24.3 Å². The number of aryl methyl sites for hydroxylation is 1. The van der Waals surface area contributed by atoms with Crippen LogP contribution >= 0.6 is 11.6 Å². The number of halogens is 4. The first-order chi connectivity index (χ1) is 12.2. The molecule has 1 aliphatic heterocycles. The molecule has 1 aromatic carbocycles. The zero-order chi connectivity index (χ0) is 18.9. The van der Waals surface area contributed by atoms with Crippen LogP contribution in [-0.2, 0) is 6.18 Å². The number of nitrogens with one attached hydrogen (secondary N) is 1. The monoisotopic (exact) mass is 384 g/mol. The molecule has 2 aromatic rings. The average molecular weight is 385 g/mol. The fraction of sp³-hybridized carbons (Fsp3) is 0.353. The van der Waals surface area contributed by atoms with Crippen molar-refractivity contribution in [1.29, 1.82) is 0 Å². The Morgan fingerprint density at radius 1 is 1.19 bits per heavy atom. The van der Waals surface area contributed by atoms with E-state index in [1.54, 1.807) is 6.92 Å². The molecule has 2 heterocycles. The third-order valence-electron chi connectivity index (χ3n) is 4.03. The Kier molecular flexibility index (Phi) is 5.04. The van der Waals surface area contributed by atoms with Gasteiger partial charge in [0.25, 0.3) is 5.91 Å². The van der Waals surface area contributed by atoms with Gasteiger partial charge in [-0.2, -0.15) is 13.2 Å². The highest BCUT2D eigenvalue weighted by atomic mass is 35.5. The predicted molar refractivity (Wildman–Crippen MR) is 92.6 cm³/mol. The molecule has 138 valence electrons. The summed E-state index contributed by atoms with van der Waals surface area (Å²) in [5, 5.41) is 2.42. The molecule has 0 saturated carbocycles. The highest BCUT2D eigenvalue weighted by molar-refractivity contribution is 6.33. The Balaban J connectivity index is 1.86. The summed E-state index contributed by atoms with van der Waals surface area (Å²) in [6.45, 7) is 3.35. The second-order valence-corrected chi connectivity index (χ2v) is 6.41. The fourth-order valence-corrected chi connectivity index (χ4v) is 2.93. The van der Waals surface area contributed by atoms with E-state index < -0.39 is 17.6 Å². The topological polar surface area (TPSA) is 58.1 Å². The Labute approximate surface area is 153 Å². The Bertz CT molecular complexity index is 835. The number of aromatic nitrogens is 2. The van der Waals surface area contributed by atoms with E-state index in [0.717, 1.165) is 44.1 Å². The lowest BCUT2D eigenvalue weighted by atomic mass is 10.2. The summed E-state index contributed by atoms with van der Waals surface area (Å²) in [6, 6.07) is 4.30. The third kappa shape index (κ3) is 4.07. The Morgan fingerprint density at radius 3 is 2.54 bits per heavy atom. The fourth-order valence-electron chi connectivity index (χ4n) is 2.76. The van der Waals surface area contributed by atoms with Gasteiger partial charge in [-0.3, -0.25) is 4.79 Å². The van der Waals surface area contributed by atoms with Gasteiger partial charge in [0.15, 0.2) is 0 Å². The molecule has 1 aliphatic rings. The van der Waals surface area contributed by atoms with Gasteiger partial charge in [0.2, 0.25) is 0 Å².